The summed E-state index contributed by atoms with van der Waals surface area (Å²) in [4.78, 5) is 10.4. The van der Waals surface area contributed by atoms with Crippen molar-refractivity contribution in [3.05, 3.63) is 35.9 Å². The van der Waals surface area contributed by atoms with Gasteiger partial charge < -0.3 is 15.2 Å². The summed E-state index contributed by atoms with van der Waals surface area (Å²) in [5.41, 5.74) is 1.25. The van der Waals surface area contributed by atoms with Crippen molar-refractivity contribution in [2.45, 2.75) is 25.8 Å². The molecule has 2 N–H and O–H groups in total. The number of benzene rings is 1. The molecule has 1 rings (SSSR count). The van der Waals surface area contributed by atoms with Crippen LogP contribution in [0.25, 0.3) is 0 Å². The number of carboxylic acid groups (broad SMARTS) is 1. The fourth-order valence-corrected chi connectivity index (χ4v) is 1.76. The summed E-state index contributed by atoms with van der Waals surface area (Å²) < 4.78 is 5.39. The van der Waals surface area contributed by atoms with Gasteiger partial charge in [-0.1, -0.05) is 37.3 Å². The quantitative estimate of drug-likeness (QED) is 0.656. The third-order valence-electron chi connectivity index (χ3n) is 2.60. The normalized spacial score (nSPS) is 12.3. The van der Waals surface area contributed by atoms with E-state index in [9.17, 15) is 4.79 Å². The Morgan fingerprint density at radius 1 is 1.39 bits per heavy atom. The zero-order valence-electron chi connectivity index (χ0n) is 10.8. The maximum absolute atomic E-state index is 10.4. The molecule has 0 aliphatic heterocycles. The van der Waals surface area contributed by atoms with E-state index in [0.717, 1.165) is 13.0 Å². The number of aliphatic carboxylic acids is 1. The van der Waals surface area contributed by atoms with Crippen molar-refractivity contribution in [3.8, 4) is 0 Å². The molecule has 4 heteroatoms. The van der Waals surface area contributed by atoms with Crippen LogP contribution in [0.1, 0.15) is 18.9 Å². The number of hydrogen-bond acceptors (Lipinski definition) is 3. The highest BCUT2D eigenvalue weighted by atomic mass is 16.5. The molecule has 0 saturated heterocycles. The van der Waals surface area contributed by atoms with Crippen molar-refractivity contribution in [3.63, 3.8) is 0 Å². The maximum atomic E-state index is 10.4. The number of nitrogens with one attached hydrogen (secondary N) is 1. The summed E-state index contributed by atoms with van der Waals surface area (Å²) in [6, 6.07) is 10.4. The van der Waals surface area contributed by atoms with E-state index in [1.165, 1.54) is 5.56 Å². The first kappa shape index (κ1) is 14.7. The molecule has 4 nitrogen and oxygen atoms in total. The van der Waals surface area contributed by atoms with E-state index in [0.29, 0.717) is 6.61 Å². The van der Waals surface area contributed by atoms with Crippen LogP contribution in [-0.2, 0) is 16.0 Å². The van der Waals surface area contributed by atoms with Crippen LogP contribution < -0.4 is 5.32 Å². The first-order chi connectivity index (χ1) is 8.72. The molecule has 0 spiro atoms. The molecule has 0 aliphatic rings. The predicted molar refractivity (Wildman–Crippen MR) is 70.7 cm³/mol. The van der Waals surface area contributed by atoms with Gasteiger partial charge in [0.05, 0.1) is 19.6 Å². The van der Waals surface area contributed by atoms with Crippen LogP contribution in [0.5, 0.6) is 0 Å². The molecule has 0 heterocycles. The number of carbonyl (C=O) groups is 1. The molecule has 1 aromatic carbocycles. The zero-order chi connectivity index (χ0) is 13.2. The van der Waals surface area contributed by atoms with Crippen molar-refractivity contribution in [1.82, 2.24) is 5.32 Å². The Kier molecular flexibility index (Phi) is 7.06. The molecule has 1 unspecified atom stereocenters. The van der Waals surface area contributed by atoms with E-state index in [1.54, 1.807) is 0 Å². The molecule has 0 fully saturated rings. The minimum Gasteiger partial charge on any atom is -0.481 e. The topological polar surface area (TPSA) is 58.6 Å². The highest BCUT2D eigenvalue weighted by molar-refractivity contribution is 5.66. The molecule has 1 aromatic rings. The Morgan fingerprint density at radius 3 is 2.72 bits per heavy atom. The lowest BCUT2D eigenvalue weighted by atomic mass is 10.1. The van der Waals surface area contributed by atoms with Crippen LogP contribution in [0.3, 0.4) is 0 Å². The van der Waals surface area contributed by atoms with E-state index >= 15 is 0 Å². The van der Waals surface area contributed by atoms with Crippen LogP contribution in [0.2, 0.25) is 0 Å². The molecule has 18 heavy (non-hydrogen) atoms. The first-order valence-electron chi connectivity index (χ1n) is 6.29. The molecule has 1 atom stereocenters. The summed E-state index contributed by atoms with van der Waals surface area (Å²) in [5.74, 6) is -0.821. The first-order valence-corrected chi connectivity index (χ1v) is 6.29. The lowest BCUT2D eigenvalue weighted by Gasteiger charge is -2.17. The van der Waals surface area contributed by atoms with Crippen LogP contribution in [0.4, 0.5) is 0 Å². The van der Waals surface area contributed by atoms with E-state index < -0.39 is 5.97 Å². The number of rotatable bonds is 9. The second kappa shape index (κ2) is 8.66. The third kappa shape index (κ3) is 6.37. The SMILES string of the molecule is CCNC(COCCC(=O)O)Cc1ccccc1. The van der Waals surface area contributed by atoms with Gasteiger partial charge >= 0.3 is 5.97 Å². The van der Waals surface area contributed by atoms with E-state index in [2.05, 4.69) is 24.4 Å². The highest BCUT2D eigenvalue weighted by Crippen LogP contribution is 2.03. The van der Waals surface area contributed by atoms with Crippen molar-refractivity contribution >= 4 is 5.97 Å². The third-order valence-corrected chi connectivity index (χ3v) is 2.60. The Labute approximate surface area is 108 Å². The van der Waals surface area contributed by atoms with E-state index in [-0.39, 0.29) is 19.1 Å². The average molecular weight is 251 g/mol. The van der Waals surface area contributed by atoms with Gasteiger partial charge in [-0.25, -0.2) is 0 Å². The summed E-state index contributed by atoms with van der Waals surface area (Å²) in [5, 5.41) is 11.9. The van der Waals surface area contributed by atoms with Crippen LogP contribution >= 0.6 is 0 Å². The lowest BCUT2D eigenvalue weighted by molar-refractivity contribution is -0.138. The van der Waals surface area contributed by atoms with Gasteiger partial charge in [-0.3, -0.25) is 4.79 Å². The van der Waals surface area contributed by atoms with E-state index in [1.807, 2.05) is 18.2 Å². The van der Waals surface area contributed by atoms with Gasteiger partial charge in [-0.2, -0.15) is 0 Å². The molecule has 100 valence electrons. The molecule has 0 aliphatic carbocycles. The van der Waals surface area contributed by atoms with Crippen molar-refractivity contribution in [2.24, 2.45) is 0 Å². The predicted octanol–water partition coefficient (Wildman–Crippen LogP) is 1.70. The monoisotopic (exact) mass is 251 g/mol. The van der Waals surface area contributed by atoms with Gasteiger partial charge in [0.1, 0.15) is 0 Å². The van der Waals surface area contributed by atoms with Crippen molar-refractivity contribution in [2.75, 3.05) is 19.8 Å². The second-order valence-electron chi connectivity index (χ2n) is 4.16. The number of ether oxygens (including phenoxy) is 1. The minimum absolute atomic E-state index is 0.0597. The van der Waals surface area contributed by atoms with Crippen molar-refractivity contribution < 1.29 is 14.6 Å². The van der Waals surface area contributed by atoms with Crippen LogP contribution in [0.15, 0.2) is 30.3 Å². The molecule has 0 radical (unpaired) electrons. The molecular weight excluding hydrogens is 230 g/mol. The standard InChI is InChI=1S/C14H21NO3/c1-2-15-13(11-18-9-8-14(16)17)10-12-6-4-3-5-7-12/h3-7,13,15H,2,8-11H2,1H3,(H,16,17). The van der Waals surface area contributed by atoms with Crippen LogP contribution in [-0.4, -0.2) is 36.9 Å². The number of likely N-dealkylation sites (N-methyl/N-ethyl adjacent to an activating group) is 1. The van der Waals surface area contributed by atoms with Crippen molar-refractivity contribution in [1.29, 1.82) is 0 Å². The number of hydrogen-bond donors (Lipinski definition) is 2. The van der Waals surface area contributed by atoms with Gasteiger partial charge in [-0.15, -0.1) is 0 Å². The average Bonchev–Trinajstić information content (AvgIpc) is 2.36. The Balaban J connectivity index is 2.33. The van der Waals surface area contributed by atoms with Crippen LogP contribution in [0, 0.1) is 0 Å². The van der Waals surface area contributed by atoms with E-state index in [4.69, 9.17) is 9.84 Å². The molecule has 0 aromatic heterocycles. The van der Waals surface area contributed by atoms with Gasteiger partial charge in [0, 0.05) is 6.04 Å². The van der Waals surface area contributed by atoms with Gasteiger partial charge in [0.15, 0.2) is 0 Å². The molecule has 0 bridgehead atoms. The molecule has 0 amide bonds. The minimum atomic E-state index is -0.821. The van der Waals surface area contributed by atoms with Gasteiger partial charge in [0.2, 0.25) is 0 Å². The van der Waals surface area contributed by atoms with Gasteiger partial charge in [0.25, 0.3) is 0 Å². The smallest absolute Gasteiger partial charge is 0.305 e. The summed E-state index contributed by atoms with van der Waals surface area (Å²) in [6.07, 6.45) is 0.950. The Bertz CT molecular complexity index is 340. The fourth-order valence-electron chi connectivity index (χ4n) is 1.76. The van der Waals surface area contributed by atoms with Gasteiger partial charge in [-0.05, 0) is 18.5 Å². The Morgan fingerprint density at radius 2 is 2.11 bits per heavy atom. The Hall–Kier alpha value is -1.39. The largest absolute Gasteiger partial charge is 0.481 e. The summed E-state index contributed by atoms with van der Waals surface area (Å²) in [7, 11) is 0. The number of carboxylic acids is 1. The zero-order valence-corrected chi connectivity index (χ0v) is 10.8. The highest BCUT2D eigenvalue weighted by Gasteiger charge is 2.08. The lowest BCUT2D eigenvalue weighted by Crippen LogP contribution is -2.35. The molecule has 0 saturated carbocycles. The maximum Gasteiger partial charge on any atom is 0.305 e. The fraction of sp³-hybridized carbons (Fsp3) is 0.500. The summed E-state index contributed by atoms with van der Waals surface area (Å²) in [6.45, 7) is 3.73. The summed E-state index contributed by atoms with van der Waals surface area (Å²) >= 11 is 0. The molecular formula is C14H21NO3. The second-order valence-corrected chi connectivity index (χ2v) is 4.16.